The van der Waals surface area contributed by atoms with Gasteiger partial charge in [0.05, 0.1) is 13.1 Å². The number of fused-ring (bicyclic) bond motifs is 1. The van der Waals surface area contributed by atoms with E-state index in [9.17, 15) is 4.79 Å². The predicted octanol–water partition coefficient (Wildman–Crippen LogP) is 4.42. The van der Waals surface area contributed by atoms with E-state index < -0.39 is 0 Å². The Morgan fingerprint density at radius 2 is 2.04 bits per heavy atom. The van der Waals surface area contributed by atoms with Crippen molar-refractivity contribution in [2.45, 2.75) is 25.4 Å². The molecule has 4 nitrogen and oxygen atoms in total. The normalized spacial score (nSPS) is 13.7. The molecule has 0 unspecified atom stereocenters. The van der Waals surface area contributed by atoms with Crippen LogP contribution in [-0.2, 0) is 23.2 Å². The van der Waals surface area contributed by atoms with Crippen molar-refractivity contribution in [2.75, 3.05) is 13.2 Å². The highest BCUT2D eigenvalue weighted by atomic mass is 79.9. The molecule has 0 atom stereocenters. The molecule has 0 aromatic heterocycles. The van der Waals surface area contributed by atoms with Crippen molar-refractivity contribution in [2.24, 2.45) is 0 Å². The number of hydrogen-bond donors (Lipinski definition) is 0. The Balaban J connectivity index is 1.71. The lowest BCUT2D eigenvalue weighted by Gasteiger charge is -2.19. The molecule has 1 amide bonds. The topological polar surface area (TPSA) is 38.8 Å². The van der Waals surface area contributed by atoms with E-state index in [2.05, 4.69) is 28.1 Å². The number of ether oxygens (including phenoxy) is 2. The van der Waals surface area contributed by atoms with Crippen LogP contribution in [0.25, 0.3) is 0 Å². The quantitative estimate of drug-likeness (QED) is 0.729. The smallest absolute Gasteiger partial charge is 0.410 e. The van der Waals surface area contributed by atoms with Crippen LogP contribution >= 0.6 is 15.9 Å². The molecule has 1 aliphatic heterocycles. The molecule has 0 saturated heterocycles. The summed E-state index contributed by atoms with van der Waals surface area (Å²) in [5.74, 6) is 0.887. The Hall–Kier alpha value is -2.01. The van der Waals surface area contributed by atoms with Crippen LogP contribution in [0.2, 0.25) is 0 Å². The molecule has 2 aromatic carbocycles. The van der Waals surface area contributed by atoms with Crippen molar-refractivity contribution in [1.29, 1.82) is 0 Å². The van der Waals surface area contributed by atoms with Gasteiger partial charge in [-0.15, -0.1) is 0 Å². The zero-order chi connectivity index (χ0) is 16.9. The second-order valence-corrected chi connectivity index (χ2v) is 6.41. The largest absolute Gasteiger partial charge is 0.491 e. The molecule has 0 bridgehead atoms. The van der Waals surface area contributed by atoms with Crippen molar-refractivity contribution in [3.05, 3.63) is 64.7 Å². The summed E-state index contributed by atoms with van der Waals surface area (Å²) >= 11 is 3.49. The Labute approximate surface area is 150 Å². The first-order chi connectivity index (χ1) is 11.7. The maximum absolute atomic E-state index is 12.4. The lowest BCUT2D eigenvalue weighted by Crippen LogP contribution is -2.32. The third kappa shape index (κ3) is 3.90. The molecule has 0 aliphatic carbocycles. The van der Waals surface area contributed by atoms with Gasteiger partial charge in [0.2, 0.25) is 0 Å². The van der Waals surface area contributed by atoms with Gasteiger partial charge in [0.25, 0.3) is 0 Å². The van der Waals surface area contributed by atoms with Crippen molar-refractivity contribution >= 4 is 22.0 Å². The predicted molar refractivity (Wildman–Crippen MR) is 96.3 cm³/mol. The summed E-state index contributed by atoms with van der Waals surface area (Å²) in [7, 11) is 0. The molecule has 0 saturated carbocycles. The first kappa shape index (κ1) is 16.8. The number of hydrogen-bond acceptors (Lipinski definition) is 3. The van der Waals surface area contributed by atoms with Gasteiger partial charge < -0.3 is 14.4 Å². The van der Waals surface area contributed by atoms with E-state index in [0.717, 1.165) is 27.8 Å². The molecular weight excluding hydrogens is 370 g/mol. The second kappa shape index (κ2) is 7.71. The number of carbonyl (C=O) groups is 1. The number of carbonyl (C=O) groups excluding carboxylic acids is 1. The summed E-state index contributed by atoms with van der Waals surface area (Å²) < 4.78 is 11.3. The molecule has 3 rings (SSSR count). The standard InChI is InChI=1S/C19H20BrNO3/c1-14-9-16(11-20)10-17-12-21(7-8-23-18(14)17)19(22)24-13-15-5-3-2-4-6-15/h2-6,9-10H,7-8,11-13H2,1H3. The Bertz CT molecular complexity index is 718. The molecule has 0 fully saturated rings. The minimum absolute atomic E-state index is 0.282. The Kier molecular flexibility index (Phi) is 5.41. The summed E-state index contributed by atoms with van der Waals surface area (Å²) in [6.45, 7) is 3.82. The van der Waals surface area contributed by atoms with Crippen LogP contribution in [0.1, 0.15) is 22.3 Å². The van der Waals surface area contributed by atoms with E-state index in [4.69, 9.17) is 9.47 Å². The van der Waals surface area contributed by atoms with Crippen LogP contribution in [0.3, 0.4) is 0 Å². The monoisotopic (exact) mass is 389 g/mol. The molecule has 0 N–H and O–H groups in total. The molecule has 5 heteroatoms. The molecule has 0 spiro atoms. The zero-order valence-corrected chi connectivity index (χ0v) is 15.2. The number of amides is 1. The summed E-state index contributed by atoms with van der Waals surface area (Å²) in [5, 5.41) is 0.777. The highest BCUT2D eigenvalue weighted by molar-refractivity contribution is 9.08. The van der Waals surface area contributed by atoms with Crippen molar-refractivity contribution in [1.82, 2.24) is 4.90 Å². The third-order valence-electron chi connectivity index (χ3n) is 4.00. The first-order valence-electron chi connectivity index (χ1n) is 7.94. The highest BCUT2D eigenvalue weighted by Crippen LogP contribution is 2.29. The average Bonchev–Trinajstić information content (AvgIpc) is 2.83. The third-order valence-corrected chi connectivity index (χ3v) is 4.65. The number of nitrogens with zero attached hydrogens (tertiary/aromatic N) is 1. The number of benzene rings is 2. The van der Waals surface area contributed by atoms with E-state index in [-0.39, 0.29) is 12.7 Å². The minimum atomic E-state index is -0.308. The van der Waals surface area contributed by atoms with Gasteiger partial charge in [-0.2, -0.15) is 0 Å². The van der Waals surface area contributed by atoms with Crippen molar-refractivity contribution in [3.8, 4) is 5.75 Å². The van der Waals surface area contributed by atoms with E-state index in [1.165, 1.54) is 5.56 Å². The maximum atomic E-state index is 12.4. The van der Waals surface area contributed by atoms with Gasteiger partial charge in [-0.1, -0.05) is 52.3 Å². The fraction of sp³-hybridized carbons (Fsp3) is 0.316. The highest BCUT2D eigenvalue weighted by Gasteiger charge is 2.22. The van der Waals surface area contributed by atoms with E-state index in [1.54, 1.807) is 4.90 Å². The summed E-state index contributed by atoms with van der Waals surface area (Å²) in [6, 6.07) is 13.9. The lowest BCUT2D eigenvalue weighted by molar-refractivity contribution is 0.0913. The Morgan fingerprint density at radius 3 is 2.79 bits per heavy atom. The molecule has 2 aromatic rings. The molecular formula is C19H20BrNO3. The molecule has 1 aliphatic rings. The lowest BCUT2D eigenvalue weighted by atomic mass is 10.1. The van der Waals surface area contributed by atoms with Gasteiger partial charge >= 0.3 is 6.09 Å². The van der Waals surface area contributed by atoms with Crippen LogP contribution < -0.4 is 4.74 Å². The van der Waals surface area contributed by atoms with E-state index >= 15 is 0 Å². The van der Waals surface area contributed by atoms with Crippen LogP contribution in [0.4, 0.5) is 4.79 Å². The van der Waals surface area contributed by atoms with Crippen LogP contribution in [0.5, 0.6) is 5.75 Å². The molecule has 0 radical (unpaired) electrons. The van der Waals surface area contributed by atoms with Crippen LogP contribution in [-0.4, -0.2) is 24.1 Å². The molecule has 126 valence electrons. The second-order valence-electron chi connectivity index (χ2n) is 5.84. The Morgan fingerprint density at radius 1 is 1.25 bits per heavy atom. The fourth-order valence-electron chi connectivity index (χ4n) is 2.84. The average molecular weight is 390 g/mol. The number of aryl methyl sites for hydroxylation is 1. The minimum Gasteiger partial charge on any atom is -0.491 e. The number of halogens is 1. The van der Waals surface area contributed by atoms with Gasteiger partial charge in [-0.25, -0.2) is 4.79 Å². The van der Waals surface area contributed by atoms with Gasteiger partial charge in [0.1, 0.15) is 19.0 Å². The van der Waals surface area contributed by atoms with Gasteiger partial charge in [0, 0.05) is 10.9 Å². The fourth-order valence-corrected chi connectivity index (χ4v) is 3.16. The molecule has 24 heavy (non-hydrogen) atoms. The number of alkyl halides is 1. The summed E-state index contributed by atoms with van der Waals surface area (Å²) in [6.07, 6.45) is -0.308. The van der Waals surface area contributed by atoms with Gasteiger partial charge in [0.15, 0.2) is 0 Å². The summed E-state index contributed by atoms with van der Waals surface area (Å²) in [5.41, 5.74) is 4.28. The maximum Gasteiger partial charge on any atom is 0.410 e. The van der Waals surface area contributed by atoms with Crippen LogP contribution in [0, 0.1) is 6.92 Å². The van der Waals surface area contributed by atoms with Crippen molar-refractivity contribution < 1.29 is 14.3 Å². The van der Waals surface area contributed by atoms with E-state index in [0.29, 0.717) is 19.7 Å². The van der Waals surface area contributed by atoms with Crippen LogP contribution in [0.15, 0.2) is 42.5 Å². The van der Waals surface area contributed by atoms with Crippen molar-refractivity contribution in [3.63, 3.8) is 0 Å². The summed E-state index contributed by atoms with van der Waals surface area (Å²) in [4.78, 5) is 14.1. The van der Waals surface area contributed by atoms with E-state index in [1.807, 2.05) is 37.3 Å². The first-order valence-corrected chi connectivity index (χ1v) is 9.06. The van der Waals surface area contributed by atoms with Gasteiger partial charge in [-0.05, 0) is 29.7 Å². The SMILES string of the molecule is Cc1cc(CBr)cc2c1OCCN(C(=O)OCc1ccccc1)C2. The number of rotatable bonds is 3. The van der Waals surface area contributed by atoms with Gasteiger partial charge in [-0.3, -0.25) is 0 Å². The zero-order valence-electron chi connectivity index (χ0n) is 13.6. The molecule has 1 heterocycles.